The summed E-state index contributed by atoms with van der Waals surface area (Å²) in [5, 5.41) is 6.35. The molecule has 4 rings (SSSR count). The van der Waals surface area contributed by atoms with Gasteiger partial charge in [0.1, 0.15) is 0 Å². The van der Waals surface area contributed by atoms with Gasteiger partial charge in [-0.25, -0.2) is 15.0 Å². The molecule has 1 aliphatic rings. The third-order valence-electron chi connectivity index (χ3n) is 4.47. The van der Waals surface area contributed by atoms with Crippen molar-refractivity contribution in [2.24, 2.45) is 0 Å². The van der Waals surface area contributed by atoms with E-state index in [0.29, 0.717) is 30.6 Å². The molecule has 3 heterocycles. The predicted octanol–water partition coefficient (Wildman–Crippen LogP) is 3.22. The Balaban J connectivity index is 1.30. The van der Waals surface area contributed by atoms with Gasteiger partial charge in [-0.1, -0.05) is 17.7 Å². The first-order chi connectivity index (χ1) is 13.7. The number of hydrogen-bond donors (Lipinski definition) is 1. The molecule has 0 atom stereocenters. The molecule has 144 valence electrons. The number of carbonyl (C=O) groups excluding carboxylic acids is 1. The Bertz CT molecular complexity index is 942. The maximum absolute atomic E-state index is 12.6. The molecule has 1 aliphatic heterocycles. The van der Waals surface area contributed by atoms with Crippen LogP contribution in [0.4, 0.5) is 16.8 Å². The zero-order chi connectivity index (χ0) is 19.3. The van der Waals surface area contributed by atoms with Gasteiger partial charge in [0.25, 0.3) is 0 Å². The zero-order valence-corrected chi connectivity index (χ0v) is 16.7. The van der Waals surface area contributed by atoms with Crippen LogP contribution in [-0.2, 0) is 11.2 Å². The van der Waals surface area contributed by atoms with E-state index in [4.69, 9.17) is 11.6 Å². The van der Waals surface area contributed by atoms with Gasteiger partial charge in [-0.2, -0.15) is 0 Å². The van der Waals surface area contributed by atoms with Gasteiger partial charge in [0.2, 0.25) is 11.9 Å². The molecule has 7 nitrogen and oxygen atoms in total. The van der Waals surface area contributed by atoms with Gasteiger partial charge in [0.15, 0.2) is 5.13 Å². The molecule has 1 amide bonds. The zero-order valence-electron chi connectivity index (χ0n) is 15.1. The van der Waals surface area contributed by atoms with E-state index in [2.05, 4.69) is 25.2 Å². The normalized spacial score (nSPS) is 14.2. The highest BCUT2D eigenvalue weighted by Crippen LogP contribution is 2.22. The molecule has 0 saturated carbocycles. The quantitative estimate of drug-likeness (QED) is 0.691. The number of nitrogens with one attached hydrogen (secondary N) is 1. The Morgan fingerprint density at radius 3 is 2.68 bits per heavy atom. The lowest BCUT2D eigenvalue weighted by molar-refractivity contribution is -0.130. The van der Waals surface area contributed by atoms with Crippen molar-refractivity contribution in [2.45, 2.75) is 6.42 Å². The molecule has 3 aromatic rings. The van der Waals surface area contributed by atoms with Crippen LogP contribution in [0.1, 0.15) is 5.69 Å². The SMILES string of the molecule is O=C(Cc1csc(Nc2ncccn2)n1)N1CCN(c2cccc(Cl)c2)CC1. The van der Waals surface area contributed by atoms with Crippen LogP contribution < -0.4 is 10.2 Å². The Morgan fingerprint density at radius 2 is 1.93 bits per heavy atom. The standard InChI is InChI=1S/C19H19ClN6OS/c20-14-3-1-4-16(11-14)25-7-9-26(10-8-25)17(27)12-15-13-28-19(23-15)24-18-21-5-2-6-22-18/h1-6,11,13H,7-10,12H2,(H,21,22,23,24). The van der Waals surface area contributed by atoms with Crippen molar-refractivity contribution in [1.29, 1.82) is 0 Å². The lowest BCUT2D eigenvalue weighted by atomic mass is 10.2. The van der Waals surface area contributed by atoms with Crippen LogP contribution in [0, 0.1) is 0 Å². The van der Waals surface area contributed by atoms with Crippen molar-refractivity contribution in [3.05, 3.63) is 58.8 Å². The highest BCUT2D eigenvalue weighted by Gasteiger charge is 2.22. The molecule has 0 aliphatic carbocycles. The molecule has 1 N–H and O–H groups in total. The van der Waals surface area contributed by atoms with Crippen molar-refractivity contribution in [3.63, 3.8) is 0 Å². The van der Waals surface area contributed by atoms with Crippen LogP contribution in [0.2, 0.25) is 5.02 Å². The molecule has 9 heteroatoms. The van der Waals surface area contributed by atoms with E-state index in [1.54, 1.807) is 18.5 Å². The molecular weight excluding hydrogens is 396 g/mol. The van der Waals surface area contributed by atoms with E-state index in [1.807, 2.05) is 34.5 Å². The molecule has 2 aromatic heterocycles. The van der Waals surface area contributed by atoms with Crippen molar-refractivity contribution < 1.29 is 4.79 Å². The second-order valence-electron chi connectivity index (χ2n) is 6.37. The molecule has 0 bridgehead atoms. The fourth-order valence-corrected chi connectivity index (χ4v) is 3.95. The minimum Gasteiger partial charge on any atom is -0.368 e. The average Bonchev–Trinajstić information content (AvgIpc) is 3.15. The summed E-state index contributed by atoms with van der Waals surface area (Å²) >= 11 is 7.51. The third-order valence-corrected chi connectivity index (χ3v) is 5.52. The summed E-state index contributed by atoms with van der Waals surface area (Å²) in [4.78, 5) is 29.5. The molecule has 1 aromatic carbocycles. The second kappa shape index (κ2) is 8.53. The van der Waals surface area contributed by atoms with Gasteiger partial charge in [-0.05, 0) is 24.3 Å². The van der Waals surface area contributed by atoms with Gasteiger partial charge < -0.3 is 15.1 Å². The smallest absolute Gasteiger partial charge is 0.228 e. The third kappa shape index (κ3) is 4.58. The summed E-state index contributed by atoms with van der Waals surface area (Å²) in [5.74, 6) is 0.588. The summed E-state index contributed by atoms with van der Waals surface area (Å²) in [5.41, 5.74) is 1.85. The van der Waals surface area contributed by atoms with Crippen LogP contribution in [0.25, 0.3) is 0 Å². The number of piperazine rings is 1. The fourth-order valence-electron chi connectivity index (χ4n) is 3.06. The van der Waals surface area contributed by atoms with Crippen LogP contribution in [0.15, 0.2) is 48.1 Å². The number of aromatic nitrogens is 3. The van der Waals surface area contributed by atoms with Crippen LogP contribution >= 0.6 is 22.9 Å². The Kier molecular flexibility index (Phi) is 5.68. The highest BCUT2D eigenvalue weighted by atomic mass is 35.5. The molecule has 1 fully saturated rings. The minimum atomic E-state index is 0.0959. The number of hydrogen-bond acceptors (Lipinski definition) is 7. The first-order valence-electron chi connectivity index (χ1n) is 8.94. The number of carbonyl (C=O) groups is 1. The average molecular weight is 415 g/mol. The van der Waals surface area contributed by atoms with Crippen LogP contribution in [-0.4, -0.2) is 51.9 Å². The topological polar surface area (TPSA) is 74.2 Å². The summed E-state index contributed by atoms with van der Waals surface area (Å²) in [6, 6.07) is 9.57. The summed E-state index contributed by atoms with van der Waals surface area (Å²) in [6.07, 6.45) is 3.62. The Labute approximate surface area is 172 Å². The van der Waals surface area contributed by atoms with Crippen molar-refractivity contribution >= 4 is 45.6 Å². The van der Waals surface area contributed by atoms with Gasteiger partial charge >= 0.3 is 0 Å². The molecule has 0 unspecified atom stereocenters. The van der Waals surface area contributed by atoms with E-state index in [0.717, 1.165) is 29.5 Å². The monoisotopic (exact) mass is 414 g/mol. The van der Waals surface area contributed by atoms with Crippen molar-refractivity contribution in [3.8, 4) is 0 Å². The molecule has 1 saturated heterocycles. The van der Waals surface area contributed by atoms with E-state index in [1.165, 1.54) is 11.3 Å². The largest absolute Gasteiger partial charge is 0.368 e. The van der Waals surface area contributed by atoms with Gasteiger partial charge in [-0.3, -0.25) is 4.79 Å². The molecular formula is C19H19ClN6OS. The number of halogens is 1. The number of rotatable bonds is 5. The number of anilines is 3. The maximum atomic E-state index is 12.6. The van der Waals surface area contributed by atoms with Gasteiger partial charge in [-0.15, -0.1) is 11.3 Å². The number of nitrogens with zero attached hydrogens (tertiary/aromatic N) is 5. The summed E-state index contributed by atoms with van der Waals surface area (Å²) in [6.45, 7) is 2.97. The van der Waals surface area contributed by atoms with E-state index in [9.17, 15) is 4.79 Å². The van der Waals surface area contributed by atoms with Crippen molar-refractivity contribution in [2.75, 3.05) is 36.4 Å². The number of benzene rings is 1. The summed E-state index contributed by atoms with van der Waals surface area (Å²) in [7, 11) is 0. The summed E-state index contributed by atoms with van der Waals surface area (Å²) < 4.78 is 0. The van der Waals surface area contributed by atoms with Crippen LogP contribution in [0.5, 0.6) is 0 Å². The number of amides is 1. The molecule has 0 spiro atoms. The van der Waals surface area contributed by atoms with Gasteiger partial charge in [0, 0.05) is 54.7 Å². The van der Waals surface area contributed by atoms with E-state index < -0.39 is 0 Å². The van der Waals surface area contributed by atoms with Gasteiger partial charge in [0.05, 0.1) is 12.1 Å². The highest BCUT2D eigenvalue weighted by molar-refractivity contribution is 7.13. The maximum Gasteiger partial charge on any atom is 0.228 e. The fraction of sp³-hybridized carbons (Fsp3) is 0.263. The molecule has 0 radical (unpaired) electrons. The first kappa shape index (κ1) is 18.6. The van der Waals surface area contributed by atoms with E-state index >= 15 is 0 Å². The van der Waals surface area contributed by atoms with Crippen LogP contribution in [0.3, 0.4) is 0 Å². The number of thiazole rings is 1. The Morgan fingerprint density at radius 1 is 1.14 bits per heavy atom. The lowest BCUT2D eigenvalue weighted by Crippen LogP contribution is -2.49. The lowest BCUT2D eigenvalue weighted by Gasteiger charge is -2.36. The van der Waals surface area contributed by atoms with E-state index in [-0.39, 0.29) is 5.91 Å². The first-order valence-corrected chi connectivity index (χ1v) is 10.2. The Hall–Kier alpha value is -2.71. The molecule has 28 heavy (non-hydrogen) atoms. The van der Waals surface area contributed by atoms with Crippen molar-refractivity contribution in [1.82, 2.24) is 19.9 Å². The minimum absolute atomic E-state index is 0.0959. The second-order valence-corrected chi connectivity index (χ2v) is 7.66. The predicted molar refractivity (Wildman–Crippen MR) is 111 cm³/mol.